The second kappa shape index (κ2) is 10.9. The maximum absolute atomic E-state index is 12.0. The van der Waals surface area contributed by atoms with Crippen molar-refractivity contribution in [1.29, 1.82) is 0 Å². The van der Waals surface area contributed by atoms with Crippen LogP contribution in [0, 0.1) is 0 Å². The van der Waals surface area contributed by atoms with Crippen LogP contribution in [-0.4, -0.2) is 26.5 Å². The van der Waals surface area contributed by atoms with Crippen LogP contribution in [0.25, 0.3) is 0 Å². The molecule has 0 aromatic heterocycles. The molecule has 0 atom stereocenters. The highest BCUT2D eigenvalue weighted by Gasteiger charge is 2.14. The number of anilines is 1. The summed E-state index contributed by atoms with van der Waals surface area (Å²) in [6.07, 6.45) is 1.48. The number of nitrogens with zero attached hydrogens (tertiary/aromatic N) is 1. The second-order valence-electron chi connectivity index (χ2n) is 6.36. The van der Waals surface area contributed by atoms with E-state index < -0.39 is 6.03 Å². The summed E-state index contributed by atoms with van der Waals surface area (Å²) in [5, 5.41) is 7.12. The minimum absolute atomic E-state index is 0.367. The molecule has 160 valence electrons. The quantitative estimate of drug-likeness (QED) is 0.378. The number of rotatable bonds is 8. The molecule has 0 saturated carbocycles. The van der Waals surface area contributed by atoms with Crippen molar-refractivity contribution in [2.24, 2.45) is 5.10 Å². The molecule has 2 N–H and O–H groups in total. The van der Waals surface area contributed by atoms with E-state index in [9.17, 15) is 4.79 Å². The van der Waals surface area contributed by atoms with E-state index in [0.29, 0.717) is 40.1 Å². The summed E-state index contributed by atoms with van der Waals surface area (Å²) in [5.74, 6) is 1.46. The smallest absolute Gasteiger partial charge is 0.339 e. The first kappa shape index (κ1) is 22.0. The van der Waals surface area contributed by atoms with Gasteiger partial charge in [0.15, 0.2) is 11.5 Å². The van der Waals surface area contributed by atoms with Gasteiger partial charge in [-0.3, -0.25) is 0 Å². The largest absolute Gasteiger partial charge is 0.493 e. The number of ether oxygens (including phenoxy) is 3. The molecular formula is C23H22ClN3O4. The van der Waals surface area contributed by atoms with E-state index in [1.807, 2.05) is 30.3 Å². The van der Waals surface area contributed by atoms with E-state index in [1.165, 1.54) is 6.21 Å². The van der Waals surface area contributed by atoms with Gasteiger partial charge in [0.25, 0.3) is 0 Å². The van der Waals surface area contributed by atoms with Crippen LogP contribution >= 0.6 is 11.6 Å². The van der Waals surface area contributed by atoms with Gasteiger partial charge in [-0.25, -0.2) is 10.2 Å². The predicted octanol–water partition coefficient (Wildman–Crippen LogP) is 5.09. The zero-order valence-electron chi connectivity index (χ0n) is 17.1. The van der Waals surface area contributed by atoms with Crippen LogP contribution in [0.5, 0.6) is 17.2 Å². The number of nitrogens with one attached hydrogen (secondary N) is 2. The van der Waals surface area contributed by atoms with Crippen LogP contribution in [0.1, 0.15) is 11.1 Å². The van der Waals surface area contributed by atoms with Gasteiger partial charge >= 0.3 is 6.03 Å². The first-order valence-corrected chi connectivity index (χ1v) is 9.75. The zero-order valence-corrected chi connectivity index (χ0v) is 17.8. The van der Waals surface area contributed by atoms with Crippen molar-refractivity contribution in [3.05, 3.63) is 82.9 Å². The molecular weight excluding hydrogens is 418 g/mol. The van der Waals surface area contributed by atoms with E-state index in [2.05, 4.69) is 15.8 Å². The Balaban J connectivity index is 1.67. The molecule has 3 aromatic rings. The fraction of sp³-hybridized carbons (Fsp3) is 0.130. The highest BCUT2D eigenvalue weighted by atomic mass is 35.5. The number of methoxy groups -OCH3 is 2. The summed E-state index contributed by atoms with van der Waals surface area (Å²) >= 11 is 5.90. The number of benzene rings is 3. The summed E-state index contributed by atoms with van der Waals surface area (Å²) in [6.45, 7) is 0.367. The van der Waals surface area contributed by atoms with Crippen LogP contribution < -0.4 is 25.0 Å². The summed E-state index contributed by atoms with van der Waals surface area (Å²) < 4.78 is 16.8. The topological polar surface area (TPSA) is 81.2 Å². The highest BCUT2D eigenvalue weighted by Crippen LogP contribution is 2.38. The van der Waals surface area contributed by atoms with Gasteiger partial charge in [0, 0.05) is 16.3 Å². The average Bonchev–Trinajstić information content (AvgIpc) is 2.78. The molecule has 3 rings (SSSR count). The van der Waals surface area contributed by atoms with Crippen molar-refractivity contribution in [2.45, 2.75) is 6.61 Å². The molecule has 0 spiro atoms. The average molecular weight is 440 g/mol. The molecule has 0 radical (unpaired) electrons. The fourth-order valence-electron chi connectivity index (χ4n) is 2.74. The zero-order chi connectivity index (χ0) is 22.1. The van der Waals surface area contributed by atoms with Crippen molar-refractivity contribution >= 4 is 29.5 Å². The van der Waals surface area contributed by atoms with Crippen molar-refractivity contribution in [3.63, 3.8) is 0 Å². The molecule has 0 unspecified atom stereocenters. The standard InChI is InChI=1S/C23H22ClN3O4/c1-29-20-11-17(14-25-27-23(28)26-19-10-6-9-18(24)13-19)12-21(30-2)22(20)31-15-16-7-4-3-5-8-16/h3-14H,15H2,1-2H3,(H2,26,27,28)/b25-14-. The number of carbonyl (C=O) groups excluding carboxylic acids is 1. The van der Waals surface area contributed by atoms with Crippen LogP contribution in [0.2, 0.25) is 5.02 Å². The first-order chi connectivity index (χ1) is 15.1. The Morgan fingerprint density at radius 1 is 1.00 bits per heavy atom. The van der Waals surface area contributed by atoms with E-state index in [0.717, 1.165) is 5.56 Å². The Morgan fingerprint density at radius 2 is 1.71 bits per heavy atom. The SMILES string of the molecule is COc1cc(/C=N\NC(=O)Nc2cccc(Cl)c2)cc(OC)c1OCc1ccccc1. The molecule has 0 aliphatic carbocycles. The molecule has 2 amide bonds. The van der Waals surface area contributed by atoms with Crippen molar-refractivity contribution in [1.82, 2.24) is 5.43 Å². The van der Waals surface area contributed by atoms with Gasteiger partial charge in [-0.15, -0.1) is 0 Å². The maximum atomic E-state index is 12.0. The minimum Gasteiger partial charge on any atom is -0.493 e. The molecule has 0 fully saturated rings. The Labute approximate surface area is 185 Å². The van der Waals surface area contributed by atoms with E-state index in [4.69, 9.17) is 25.8 Å². The second-order valence-corrected chi connectivity index (χ2v) is 6.80. The van der Waals surface area contributed by atoms with Gasteiger partial charge < -0.3 is 19.5 Å². The number of hydrazone groups is 1. The lowest BCUT2D eigenvalue weighted by molar-refractivity contribution is 0.252. The third-order valence-electron chi connectivity index (χ3n) is 4.17. The van der Waals surface area contributed by atoms with Gasteiger partial charge in [-0.2, -0.15) is 5.10 Å². The van der Waals surface area contributed by atoms with Gasteiger partial charge in [0.1, 0.15) is 6.61 Å². The summed E-state index contributed by atoms with van der Waals surface area (Å²) in [4.78, 5) is 12.0. The number of amides is 2. The van der Waals surface area contributed by atoms with Crippen LogP contribution in [0.4, 0.5) is 10.5 Å². The Kier molecular flexibility index (Phi) is 7.73. The minimum atomic E-state index is -0.500. The molecule has 0 bridgehead atoms. The predicted molar refractivity (Wildman–Crippen MR) is 122 cm³/mol. The molecule has 0 saturated heterocycles. The normalized spacial score (nSPS) is 10.5. The lowest BCUT2D eigenvalue weighted by atomic mass is 10.2. The molecule has 8 heteroatoms. The van der Waals surface area contributed by atoms with E-state index in [-0.39, 0.29) is 0 Å². The monoisotopic (exact) mass is 439 g/mol. The molecule has 0 aliphatic rings. The summed E-state index contributed by atoms with van der Waals surface area (Å²) in [6, 6.07) is 19.6. The maximum Gasteiger partial charge on any atom is 0.339 e. The summed E-state index contributed by atoms with van der Waals surface area (Å²) in [7, 11) is 3.09. The Hall–Kier alpha value is -3.71. The lowest BCUT2D eigenvalue weighted by Gasteiger charge is -2.15. The number of hydrogen-bond donors (Lipinski definition) is 2. The van der Waals surface area contributed by atoms with E-state index >= 15 is 0 Å². The number of carbonyl (C=O) groups is 1. The molecule has 31 heavy (non-hydrogen) atoms. The Bertz CT molecular complexity index is 1030. The summed E-state index contributed by atoms with van der Waals surface area (Å²) in [5.41, 5.74) is 4.63. The number of urea groups is 1. The highest BCUT2D eigenvalue weighted by molar-refractivity contribution is 6.30. The molecule has 7 nitrogen and oxygen atoms in total. The molecule has 0 heterocycles. The van der Waals surface area contributed by atoms with Crippen molar-refractivity contribution < 1.29 is 19.0 Å². The fourth-order valence-corrected chi connectivity index (χ4v) is 2.93. The van der Waals surface area contributed by atoms with Crippen molar-refractivity contribution in [2.75, 3.05) is 19.5 Å². The third kappa shape index (κ3) is 6.38. The molecule has 0 aliphatic heterocycles. The van der Waals surface area contributed by atoms with Crippen molar-refractivity contribution in [3.8, 4) is 17.2 Å². The van der Waals surface area contributed by atoms with Gasteiger partial charge in [-0.05, 0) is 35.9 Å². The number of hydrogen-bond acceptors (Lipinski definition) is 5. The van der Waals surface area contributed by atoms with Gasteiger partial charge in [0.05, 0.1) is 20.4 Å². The number of halogens is 1. The van der Waals surface area contributed by atoms with Crippen LogP contribution in [0.3, 0.4) is 0 Å². The van der Waals surface area contributed by atoms with Crippen LogP contribution in [-0.2, 0) is 6.61 Å². The first-order valence-electron chi connectivity index (χ1n) is 9.37. The Morgan fingerprint density at radius 3 is 2.35 bits per heavy atom. The van der Waals surface area contributed by atoms with Crippen LogP contribution in [0.15, 0.2) is 71.8 Å². The van der Waals surface area contributed by atoms with E-state index in [1.54, 1.807) is 50.6 Å². The van der Waals surface area contributed by atoms with Gasteiger partial charge in [-0.1, -0.05) is 48.0 Å². The third-order valence-corrected chi connectivity index (χ3v) is 4.41. The van der Waals surface area contributed by atoms with Gasteiger partial charge in [0.2, 0.25) is 5.75 Å². The lowest BCUT2D eigenvalue weighted by Crippen LogP contribution is -2.24. The molecule has 3 aromatic carbocycles.